The zero-order valence-corrected chi connectivity index (χ0v) is 11.9. The Morgan fingerprint density at radius 1 is 1.24 bits per heavy atom. The second-order valence-electron chi connectivity index (χ2n) is 4.28. The van der Waals surface area contributed by atoms with E-state index in [1.165, 1.54) is 0 Å². The van der Waals surface area contributed by atoms with E-state index >= 15 is 0 Å². The van der Waals surface area contributed by atoms with Gasteiger partial charge in [0.25, 0.3) is 0 Å². The molecule has 0 aliphatic carbocycles. The molecule has 0 amide bonds. The van der Waals surface area contributed by atoms with Crippen LogP contribution in [0.2, 0.25) is 0 Å². The van der Waals surface area contributed by atoms with Crippen LogP contribution < -0.4 is 20.5 Å². The number of nitrogens with two attached hydrogens (primary N) is 1. The summed E-state index contributed by atoms with van der Waals surface area (Å²) in [7, 11) is 3.21. The van der Waals surface area contributed by atoms with Gasteiger partial charge in [0.1, 0.15) is 23.4 Å². The third-order valence-corrected chi connectivity index (χ3v) is 2.99. The van der Waals surface area contributed by atoms with E-state index in [-0.39, 0.29) is 5.69 Å². The highest BCUT2D eigenvalue weighted by Crippen LogP contribution is 2.25. The molecule has 0 saturated heterocycles. The summed E-state index contributed by atoms with van der Waals surface area (Å²) in [6.07, 6.45) is 0. The minimum atomic E-state index is 0.210. The number of rotatable bonds is 5. The summed E-state index contributed by atoms with van der Waals surface area (Å²) in [6, 6.07) is 10.9. The van der Waals surface area contributed by atoms with E-state index in [9.17, 15) is 0 Å². The van der Waals surface area contributed by atoms with E-state index in [1.807, 2.05) is 24.3 Å². The van der Waals surface area contributed by atoms with E-state index in [1.54, 1.807) is 26.4 Å². The lowest BCUT2D eigenvalue weighted by atomic mass is 10.2. The highest BCUT2D eigenvalue weighted by atomic mass is 16.5. The highest BCUT2D eigenvalue weighted by molar-refractivity contribution is 5.55. The van der Waals surface area contributed by atoms with Gasteiger partial charge >= 0.3 is 0 Å². The van der Waals surface area contributed by atoms with Crippen molar-refractivity contribution in [3.8, 4) is 17.6 Å². The summed E-state index contributed by atoms with van der Waals surface area (Å²) >= 11 is 0. The maximum Gasteiger partial charge on any atom is 0.165 e. The number of nitrogens with one attached hydrogen (secondary N) is 1. The number of benzene rings is 1. The maximum atomic E-state index is 8.91. The van der Waals surface area contributed by atoms with Gasteiger partial charge in [0.2, 0.25) is 0 Å². The normalized spacial score (nSPS) is 9.76. The first-order valence-corrected chi connectivity index (χ1v) is 6.29. The van der Waals surface area contributed by atoms with Gasteiger partial charge in [-0.1, -0.05) is 0 Å². The van der Waals surface area contributed by atoms with Gasteiger partial charge < -0.3 is 20.5 Å². The molecule has 0 saturated carbocycles. The van der Waals surface area contributed by atoms with Gasteiger partial charge in [0.05, 0.1) is 19.9 Å². The van der Waals surface area contributed by atoms with Crippen LogP contribution in [0.3, 0.4) is 0 Å². The summed E-state index contributed by atoms with van der Waals surface area (Å²) in [5, 5.41) is 12.1. The van der Waals surface area contributed by atoms with Crippen molar-refractivity contribution in [2.75, 3.05) is 25.3 Å². The molecular weight excluding hydrogens is 268 g/mol. The zero-order valence-electron chi connectivity index (χ0n) is 11.9. The first-order valence-electron chi connectivity index (χ1n) is 6.29. The van der Waals surface area contributed by atoms with Crippen LogP contribution in [0.1, 0.15) is 11.3 Å². The molecule has 6 nitrogen and oxygen atoms in total. The lowest BCUT2D eigenvalue weighted by molar-refractivity contribution is 0.391. The van der Waals surface area contributed by atoms with E-state index in [2.05, 4.69) is 10.3 Å². The van der Waals surface area contributed by atoms with Crippen molar-refractivity contribution in [1.29, 1.82) is 5.26 Å². The lowest BCUT2D eigenvalue weighted by Crippen LogP contribution is -2.05. The molecule has 1 aromatic heterocycles. The van der Waals surface area contributed by atoms with Crippen LogP contribution in [0.4, 0.5) is 11.5 Å². The van der Waals surface area contributed by atoms with Crippen molar-refractivity contribution in [3.05, 3.63) is 41.6 Å². The third kappa shape index (κ3) is 3.34. The predicted molar refractivity (Wildman–Crippen MR) is 80.2 cm³/mol. The Bertz CT molecular complexity index is 680. The Labute approximate surface area is 123 Å². The van der Waals surface area contributed by atoms with Gasteiger partial charge in [0, 0.05) is 18.2 Å². The molecule has 108 valence electrons. The van der Waals surface area contributed by atoms with Gasteiger partial charge in [-0.3, -0.25) is 0 Å². The minimum Gasteiger partial charge on any atom is -0.497 e. The molecule has 0 unspecified atom stereocenters. The van der Waals surface area contributed by atoms with Crippen LogP contribution in [-0.4, -0.2) is 19.2 Å². The number of nitrogen functional groups attached to an aromatic ring is 1. The molecule has 1 aromatic carbocycles. The number of aromatic nitrogens is 1. The lowest BCUT2D eigenvalue weighted by Gasteiger charge is -2.12. The Hall–Kier alpha value is -2.94. The van der Waals surface area contributed by atoms with Crippen molar-refractivity contribution in [3.63, 3.8) is 0 Å². The summed E-state index contributed by atoms with van der Waals surface area (Å²) in [5.41, 5.74) is 7.17. The monoisotopic (exact) mass is 284 g/mol. The summed E-state index contributed by atoms with van der Waals surface area (Å²) < 4.78 is 10.5. The van der Waals surface area contributed by atoms with Crippen LogP contribution in [0, 0.1) is 11.3 Å². The van der Waals surface area contributed by atoms with Crippen molar-refractivity contribution in [2.24, 2.45) is 0 Å². The molecule has 0 spiro atoms. The molecule has 0 bridgehead atoms. The largest absolute Gasteiger partial charge is 0.497 e. The first-order chi connectivity index (χ1) is 10.2. The molecule has 0 radical (unpaired) electrons. The Morgan fingerprint density at radius 2 is 2.05 bits per heavy atom. The van der Waals surface area contributed by atoms with Gasteiger partial charge in [-0.05, 0) is 24.3 Å². The predicted octanol–water partition coefficient (Wildman–Crippen LogP) is 2.16. The standard InChI is InChI=1S/C15H16N4O2/c1-20-11-4-3-10(14(7-11)21-2)9-18-15-6-5-12(17)13(8-16)19-15/h3-7H,9,17H2,1-2H3,(H,18,19). The third-order valence-electron chi connectivity index (χ3n) is 2.99. The number of ether oxygens (including phenoxy) is 2. The van der Waals surface area contributed by atoms with Crippen LogP contribution in [0.5, 0.6) is 11.5 Å². The Balaban J connectivity index is 2.15. The molecule has 2 aromatic rings. The van der Waals surface area contributed by atoms with Gasteiger partial charge in [-0.25, -0.2) is 4.98 Å². The molecule has 0 aliphatic rings. The van der Waals surface area contributed by atoms with Crippen LogP contribution >= 0.6 is 0 Å². The van der Waals surface area contributed by atoms with E-state index < -0.39 is 0 Å². The minimum absolute atomic E-state index is 0.210. The average molecular weight is 284 g/mol. The first kappa shape index (κ1) is 14.5. The number of hydrogen-bond acceptors (Lipinski definition) is 6. The molecule has 0 atom stereocenters. The van der Waals surface area contributed by atoms with Crippen molar-refractivity contribution in [2.45, 2.75) is 6.54 Å². The molecular formula is C15H16N4O2. The SMILES string of the molecule is COc1ccc(CNc2ccc(N)c(C#N)n2)c(OC)c1. The smallest absolute Gasteiger partial charge is 0.165 e. The Kier molecular flexibility index (Phi) is 4.46. The molecule has 6 heteroatoms. The molecule has 0 aliphatic heterocycles. The summed E-state index contributed by atoms with van der Waals surface area (Å²) in [5.74, 6) is 2.03. The number of methoxy groups -OCH3 is 2. The fraction of sp³-hybridized carbons (Fsp3) is 0.200. The zero-order chi connectivity index (χ0) is 15.2. The second-order valence-corrected chi connectivity index (χ2v) is 4.28. The summed E-state index contributed by atoms with van der Waals surface area (Å²) in [6.45, 7) is 0.509. The number of hydrogen-bond donors (Lipinski definition) is 2. The molecule has 2 rings (SSSR count). The maximum absolute atomic E-state index is 8.91. The van der Waals surface area contributed by atoms with E-state index in [0.717, 1.165) is 17.1 Å². The Morgan fingerprint density at radius 3 is 2.71 bits per heavy atom. The van der Waals surface area contributed by atoms with E-state index in [0.29, 0.717) is 18.1 Å². The molecule has 1 heterocycles. The second kappa shape index (κ2) is 6.48. The molecule has 21 heavy (non-hydrogen) atoms. The fourth-order valence-electron chi connectivity index (χ4n) is 1.84. The quantitative estimate of drug-likeness (QED) is 0.874. The van der Waals surface area contributed by atoms with Gasteiger partial charge in [-0.2, -0.15) is 5.26 Å². The van der Waals surface area contributed by atoms with Crippen LogP contribution in [0.15, 0.2) is 30.3 Å². The van der Waals surface area contributed by atoms with Gasteiger partial charge in [0.15, 0.2) is 5.69 Å². The highest BCUT2D eigenvalue weighted by Gasteiger charge is 2.06. The topological polar surface area (TPSA) is 93.2 Å². The molecule has 3 N–H and O–H groups in total. The fourth-order valence-corrected chi connectivity index (χ4v) is 1.84. The number of pyridine rings is 1. The van der Waals surface area contributed by atoms with Gasteiger partial charge in [-0.15, -0.1) is 0 Å². The van der Waals surface area contributed by atoms with E-state index in [4.69, 9.17) is 20.5 Å². The average Bonchev–Trinajstić information content (AvgIpc) is 2.53. The summed E-state index contributed by atoms with van der Waals surface area (Å²) in [4.78, 5) is 4.13. The van der Waals surface area contributed by atoms with Crippen molar-refractivity contribution < 1.29 is 9.47 Å². The number of nitriles is 1. The number of nitrogens with zero attached hydrogens (tertiary/aromatic N) is 2. The number of anilines is 2. The van der Waals surface area contributed by atoms with Crippen LogP contribution in [0.25, 0.3) is 0 Å². The van der Waals surface area contributed by atoms with Crippen molar-refractivity contribution in [1.82, 2.24) is 4.98 Å². The van der Waals surface area contributed by atoms with Crippen molar-refractivity contribution >= 4 is 11.5 Å². The molecule has 0 fully saturated rings. The van der Waals surface area contributed by atoms with Crippen LogP contribution in [-0.2, 0) is 6.54 Å².